The van der Waals surface area contributed by atoms with Crippen LogP contribution in [0.1, 0.15) is 11.9 Å². The van der Waals surface area contributed by atoms with E-state index in [1.165, 1.54) is 12.6 Å². The second-order valence-corrected chi connectivity index (χ2v) is 5.39. The lowest BCUT2D eigenvalue weighted by atomic mass is 10.1. The molecule has 116 valence electrons. The average molecular weight is 305 g/mol. The van der Waals surface area contributed by atoms with Gasteiger partial charge in [-0.25, -0.2) is 9.97 Å². The fourth-order valence-electron chi connectivity index (χ4n) is 3.05. The Labute approximate surface area is 124 Å². The molecule has 3 aromatic heterocycles. The van der Waals surface area contributed by atoms with Crippen molar-refractivity contribution in [2.45, 2.75) is 31.5 Å². The Kier molecular flexibility index (Phi) is 2.95. The number of furan rings is 1. The molecule has 4 atom stereocenters. The van der Waals surface area contributed by atoms with Gasteiger partial charge >= 0.3 is 0 Å². The van der Waals surface area contributed by atoms with Gasteiger partial charge in [-0.05, 0) is 6.92 Å². The summed E-state index contributed by atoms with van der Waals surface area (Å²) in [5.41, 5.74) is 2.59. The molecule has 0 saturated carbocycles. The molecule has 0 aliphatic carbocycles. The number of aliphatic hydroxyl groups excluding tert-OH is 3. The van der Waals surface area contributed by atoms with Gasteiger partial charge in [-0.15, -0.1) is 0 Å². The van der Waals surface area contributed by atoms with Gasteiger partial charge in [0.2, 0.25) is 0 Å². The molecular formula is C14H15N3O5. The maximum absolute atomic E-state index is 10.3. The highest BCUT2D eigenvalue weighted by Gasteiger charge is 2.44. The maximum atomic E-state index is 10.3. The fourth-order valence-corrected chi connectivity index (χ4v) is 3.05. The highest BCUT2D eigenvalue weighted by Crippen LogP contribution is 2.38. The van der Waals surface area contributed by atoms with Gasteiger partial charge in [0.15, 0.2) is 11.8 Å². The molecule has 1 aliphatic heterocycles. The second-order valence-electron chi connectivity index (χ2n) is 5.39. The Balaban J connectivity index is 1.98. The van der Waals surface area contributed by atoms with Crippen LogP contribution in [0.3, 0.4) is 0 Å². The summed E-state index contributed by atoms with van der Waals surface area (Å²) >= 11 is 0. The van der Waals surface area contributed by atoms with E-state index in [1.54, 1.807) is 10.6 Å². The van der Waals surface area contributed by atoms with E-state index < -0.39 is 24.5 Å². The van der Waals surface area contributed by atoms with E-state index in [0.29, 0.717) is 16.7 Å². The summed E-state index contributed by atoms with van der Waals surface area (Å²) in [6.45, 7) is 1.46. The summed E-state index contributed by atoms with van der Waals surface area (Å²) in [5, 5.41) is 30.2. The quantitative estimate of drug-likeness (QED) is 0.615. The third-order valence-corrected chi connectivity index (χ3v) is 4.15. The van der Waals surface area contributed by atoms with Gasteiger partial charge in [0, 0.05) is 6.07 Å². The zero-order chi connectivity index (χ0) is 15.4. The van der Waals surface area contributed by atoms with Gasteiger partial charge in [-0.1, -0.05) is 0 Å². The van der Waals surface area contributed by atoms with Crippen molar-refractivity contribution >= 4 is 22.1 Å². The van der Waals surface area contributed by atoms with Crippen LogP contribution in [0.25, 0.3) is 22.1 Å². The van der Waals surface area contributed by atoms with Crippen LogP contribution >= 0.6 is 0 Å². The van der Waals surface area contributed by atoms with Gasteiger partial charge in [-0.2, -0.15) is 0 Å². The standard InChI is InChI=1S/C14H15N3O5/c1-6-9-12-7(2-3-21-12)17(13(9)16-5-15-6)14-11(20)10(19)8(4-18)22-14/h2-3,5,8,10-11,14,18-20H,4H2,1H3/t8-,10-,11-,14?/m1/s1. The molecule has 0 bridgehead atoms. The van der Waals surface area contributed by atoms with Crippen LogP contribution in [-0.4, -0.2) is 54.8 Å². The largest absolute Gasteiger partial charge is 0.462 e. The molecule has 1 saturated heterocycles. The smallest absolute Gasteiger partial charge is 0.165 e. The Morgan fingerprint density at radius 3 is 2.82 bits per heavy atom. The maximum Gasteiger partial charge on any atom is 0.165 e. The van der Waals surface area contributed by atoms with Gasteiger partial charge in [0.05, 0.1) is 29.5 Å². The number of ether oxygens (including phenoxy) is 1. The summed E-state index contributed by atoms with van der Waals surface area (Å²) in [6, 6.07) is 1.74. The van der Waals surface area contributed by atoms with Crippen LogP contribution in [0, 0.1) is 6.92 Å². The van der Waals surface area contributed by atoms with Crippen molar-refractivity contribution in [3.63, 3.8) is 0 Å². The third kappa shape index (κ3) is 1.66. The van der Waals surface area contributed by atoms with Crippen molar-refractivity contribution in [1.82, 2.24) is 14.5 Å². The second kappa shape index (κ2) is 4.75. The number of hydrogen-bond donors (Lipinski definition) is 3. The monoisotopic (exact) mass is 305 g/mol. The average Bonchev–Trinajstić information content (AvgIpc) is 3.15. The minimum absolute atomic E-state index is 0.379. The third-order valence-electron chi connectivity index (χ3n) is 4.15. The molecule has 0 spiro atoms. The van der Waals surface area contributed by atoms with Crippen LogP contribution in [-0.2, 0) is 4.74 Å². The van der Waals surface area contributed by atoms with E-state index in [0.717, 1.165) is 11.1 Å². The molecule has 1 unspecified atom stereocenters. The van der Waals surface area contributed by atoms with Crippen LogP contribution in [0.5, 0.6) is 0 Å². The molecular weight excluding hydrogens is 290 g/mol. The molecule has 1 aliphatic rings. The van der Waals surface area contributed by atoms with Crippen molar-refractivity contribution in [1.29, 1.82) is 0 Å². The number of aliphatic hydroxyl groups is 3. The molecule has 4 rings (SSSR count). The SMILES string of the molecule is Cc1ncnc2c1c1occc1n2C1O[C@H](CO)[C@@H](O)[C@H]1O. The number of aromatic nitrogens is 3. The highest BCUT2D eigenvalue weighted by atomic mass is 16.6. The van der Waals surface area contributed by atoms with Crippen molar-refractivity contribution in [3.8, 4) is 0 Å². The zero-order valence-corrected chi connectivity index (χ0v) is 11.7. The first kappa shape index (κ1) is 13.6. The van der Waals surface area contributed by atoms with Gasteiger partial charge in [-0.3, -0.25) is 4.57 Å². The van der Waals surface area contributed by atoms with E-state index in [1.807, 2.05) is 6.92 Å². The molecule has 4 heterocycles. The first-order valence-electron chi connectivity index (χ1n) is 6.94. The van der Waals surface area contributed by atoms with E-state index >= 15 is 0 Å². The molecule has 3 N–H and O–H groups in total. The Hall–Kier alpha value is -2.00. The Bertz CT molecular complexity index is 842. The number of fused-ring (bicyclic) bond motifs is 3. The highest BCUT2D eigenvalue weighted by molar-refractivity contribution is 6.04. The van der Waals surface area contributed by atoms with Crippen molar-refractivity contribution < 1.29 is 24.5 Å². The number of hydrogen-bond acceptors (Lipinski definition) is 7. The minimum Gasteiger partial charge on any atom is -0.462 e. The minimum atomic E-state index is -1.18. The lowest BCUT2D eigenvalue weighted by molar-refractivity contribution is -0.0489. The molecule has 8 nitrogen and oxygen atoms in total. The van der Waals surface area contributed by atoms with Crippen molar-refractivity contribution in [2.75, 3.05) is 6.61 Å². The first-order chi connectivity index (χ1) is 10.6. The number of nitrogens with zero attached hydrogens (tertiary/aromatic N) is 3. The van der Waals surface area contributed by atoms with Gasteiger partial charge in [0.25, 0.3) is 0 Å². The summed E-state index contributed by atoms with van der Waals surface area (Å²) in [6.07, 6.45) is -1.09. The predicted octanol–water partition coefficient (Wildman–Crippen LogP) is 0.0974. The van der Waals surface area contributed by atoms with Gasteiger partial charge in [0.1, 0.15) is 30.3 Å². The van der Waals surface area contributed by atoms with E-state index in [4.69, 9.17) is 9.15 Å². The lowest BCUT2D eigenvalue weighted by Crippen LogP contribution is -2.33. The summed E-state index contributed by atoms with van der Waals surface area (Å²) in [4.78, 5) is 8.43. The predicted molar refractivity (Wildman–Crippen MR) is 75.0 cm³/mol. The molecule has 0 radical (unpaired) electrons. The summed E-state index contributed by atoms with van der Waals surface area (Å²) in [7, 11) is 0. The summed E-state index contributed by atoms with van der Waals surface area (Å²) in [5.74, 6) is 0. The Morgan fingerprint density at radius 1 is 1.27 bits per heavy atom. The van der Waals surface area contributed by atoms with Crippen LogP contribution in [0.15, 0.2) is 23.1 Å². The normalized spacial score (nSPS) is 28.9. The van der Waals surface area contributed by atoms with Crippen molar-refractivity contribution in [2.24, 2.45) is 0 Å². The van der Waals surface area contributed by atoms with Crippen LogP contribution in [0.2, 0.25) is 0 Å². The zero-order valence-electron chi connectivity index (χ0n) is 11.7. The van der Waals surface area contributed by atoms with Gasteiger partial charge < -0.3 is 24.5 Å². The molecule has 1 fully saturated rings. The topological polar surface area (TPSA) is 114 Å². The molecule has 3 aromatic rings. The molecule has 0 amide bonds. The molecule has 8 heteroatoms. The first-order valence-corrected chi connectivity index (χ1v) is 6.94. The van der Waals surface area contributed by atoms with Crippen molar-refractivity contribution in [3.05, 3.63) is 24.4 Å². The lowest BCUT2D eigenvalue weighted by Gasteiger charge is -2.18. The molecule has 22 heavy (non-hydrogen) atoms. The fraction of sp³-hybridized carbons (Fsp3) is 0.429. The van der Waals surface area contributed by atoms with Crippen LogP contribution < -0.4 is 0 Å². The van der Waals surface area contributed by atoms with E-state index in [2.05, 4.69) is 9.97 Å². The summed E-state index contributed by atoms with van der Waals surface area (Å²) < 4.78 is 12.8. The molecule has 0 aromatic carbocycles. The number of rotatable bonds is 2. The van der Waals surface area contributed by atoms with Crippen LogP contribution in [0.4, 0.5) is 0 Å². The van der Waals surface area contributed by atoms with E-state index in [9.17, 15) is 15.3 Å². The Morgan fingerprint density at radius 2 is 2.09 bits per heavy atom. The number of aryl methyl sites for hydroxylation is 1. The van der Waals surface area contributed by atoms with E-state index in [-0.39, 0.29) is 6.61 Å².